The number of rotatable bonds is 10. The number of hydrogen-bond acceptors (Lipinski definition) is 4. The monoisotopic (exact) mass is 293 g/mol. The Morgan fingerprint density at radius 3 is 2.37 bits per heavy atom. The molecular formula is C12H27N3O3S. The van der Waals surface area contributed by atoms with Crippen LogP contribution in [0.4, 0.5) is 0 Å². The van der Waals surface area contributed by atoms with E-state index in [2.05, 4.69) is 23.9 Å². The van der Waals surface area contributed by atoms with Gasteiger partial charge in [0.25, 0.3) is 0 Å². The van der Waals surface area contributed by atoms with Gasteiger partial charge in [0.15, 0.2) is 0 Å². The minimum absolute atomic E-state index is 0.0181. The number of sulfonamides is 1. The molecule has 114 valence electrons. The van der Waals surface area contributed by atoms with Crippen molar-refractivity contribution in [2.45, 2.75) is 33.1 Å². The highest BCUT2D eigenvalue weighted by Gasteiger charge is 2.13. The number of nitrogens with two attached hydrogens (primary N) is 1. The van der Waals surface area contributed by atoms with Crippen LogP contribution < -0.4 is 15.8 Å². The Bertz CT molecular complexity index is 355. The third-order valence-corrected chi connectivity index (χ3v) is 3.38. The molecule has 0 aliphatic heterocycles. The van der Waals surface area contributed by atoms with E-state index in [1.807, 2.05) is 0 Å². The Balaban J connectivity index is 3.74. The number of nitrogens with one attached hydrogen (secondary N) is 2. The normalized spacial score (nSPS) is 13.5. The first kappa shape index (κ1) is 18.3. The standard InChI is InChI=1S/C12H27N3O3S/c1-10(2)7-11(9-13)8-12(16)14-5-4-6-15-19(3,17)18/h10-11,15H,4-9,13H2,1-3H3,(H,14,16)/t11-/m0/s1. The molecule has 0 rings (SSSR count). The van der Waals surface area contributed by atoms with Crippen LogP contribution in [0.3, 0.4) is 0 Å². The fraction of sp³-hybridized carbons (Fsp3) is 0.917. The number of hydrogen-bond donors (Lipinski definition) is 3. The van der Waals surface area contributed by atoms with Gasteiger partial charge in [-0.05, 0) is 31.2 Å². The lowest BCUT2D eigenvalue weighted by atomic mass is 9.94. The van der Waals surface area contributed by atoms with Gasteiger partial charge in [0.2, 0.25) is 15.9 Å². The molecule has 6 nitrogen and oxygen atoms in total. The van der Waals surface area contributed by atoms with Gasteiger partial charge in [0.05, 0.1) is 6.26 Å². The maximum atomic E-state index is 11.6. The summed E-state index contributed by atoms with van der Waals surface area (Å²) < 4.78 is 24.0. The third kappa shape index (κ3) is 12.1. The van der Waals surface area contributed by atoms with Gasteiger partial charge in [-0.3, -0.25) is 4.79 Å². The Morgan fingerprint density at radius 1 is 1.26 bits per heavy atom. The van der Waals surface area contributed by atoms with E-state index in [0.29, 0.717) is 38.4 Å². The lowest BCUT2D eigenvalue weighted by Gasteiger charge is -2.16. The van der Waals surface area contributed by atoms with Crippen LogP contribution in [0.25, 0.3) is 0 Å². The van der Waals surface area contributed by atoms with Gasteiger partial charge >= 0.3 is 0 Å². The molecule has 0 aromatic rings. The average molecular weight is 293 g/mol. The summed E-state index contributed by atoms with van der Waals surface area (Å²) >= 11 is 0. The maximum absolute atomic E-state index is 11.6. The van der Waals surface area contributed by atoms with E-state index in [9.17, 15) is 13.2 Å². The fourth-order valence-electron chi connectivity index (χ4n) is 1.84. The predicted octanol–water partition coefficient (Wildman–Crippen LogP) is 0.0530. The van der Waals surface area contributed by atoms with E-state index in [0.717, 1.165) is 12.7 Å². The molecule has 0 aromatic carbocycles. The van der Waals surface area contributed by atoms with Crippen molar-refractivity contribution in [3.8, 4) is 0 Å². The molecule has 0 aliphatic carbocycles. The second-order valence-electron chi connectivity index (χ2n) is 5.31. The smallest absolute Gasteiger partial charge is 0.220 e. The summed E-state index contributed by atoms with van der Waals surface area (Å²) in [6.07, 6.45) is 3.08. The molecule has 7 heteroatoms. The minimum atomic E-state index is -3.14. The van der Waals surface area contributed by atoms with Gasteiger partial charge in [0.1, 0.15) is 0 Å². The number of carbonyl (C=O) groups is 1. The lowest BCUT2D eigenvalue weighted by molar-refractivity contribution is -0.122. The van der Waals surface area contributed by atoms with Crippen molar-refractivity contribution in [2.75, 3.05) is 25.9 Å². The zero-order chi connectivity index (χ0) is 14.9. The van der Waals surface area contributed by atoms with Crippen LogP contribution in [0.15, 0.2) is 0 Å². The summed E-state index contributed by atoms with van der Waals surface area (Å²) in [6.45, 7) is 5.54. The molecule has 0 radical (unpaired) electrons. The lowest BCUT2D eigenvalue weighted by Crippen LogP contribution is -2.31. The Morgan fingerprint density at radius 2 is 1.89 bits per heavy atom. The van der Waals surface area contributed by atoms with E-state index in [4.69, 9.17) is 5.73 Å². The Labute approximate surface area is 116 Å². The zero-order valence-corrected chi connectivity index (χ0v) is 12.9. The summed E-state index contributed by atoms with van der Waals surface area (Å²) in [5.74, 6) is 0.727. The molecule has 0 fully saturated rings. The molecule has 1 amide bonds. The van der Waals surface area contributed by atoms with Gasteiger partial charge < -0.3 is 11.1 Å². The molecule has 0 aromatic heterocycles. The molecule has 0 bridgehead atoms. The maximum Gasteiger partial charge on any atom is 0.220 e. The second kappa shape index (κ2) is 9.28. The van der Waals surface area contributed by atoms with E-state index >= 15 is 0 Å². The first-order valence-electron chi connectivity index (χ1n) is 6.66. The van der Waals surface area contributed by atoms with E-state index in [-0.39, 0.29) is 11.8 Å². The van der Waals surface area contributed by atoms with Crippen LogP contribution in [0.2, 0.25) is 0 Å². The first-order chi connectivity index (χ1) is 8.74. The number of amides is 1. The molecular weight excluding hydrogens is 266 g/mol. The predicted molar refractivity (Wildman–Crippen MR) is 77.1 cm³/mol. The Kier molecular flexibility index (Phi) is 8.95. The van der Waals surface area contributed by atoms with Crippen molar-refractivity contribution in [3.63, 3.8) is 0 Å². The van der Waals surface area contributed by atoms with E-state index in [1.54, 1.807) is 0 Å². The first-order valence-corrected chi connectivity index (χ1v) is 8.55. The average Bonchev–Trinajstić information content (AvgIpc) is 2.25. The molecule has 0 spiro atoms. The topological polar surface area (TPSA) is 101 Å². The summed E-state index contributed by atoms with van der Waals surface area (Å²) in [4.78, 5) is 11.6. The molecule has 0 unspecified atom stereocenters. The highest BCUT2D eigenvalue weighted by Crippen LogP contribution is 2.13. The quantitative estimate of drug-likeness (QED) is 0.495. The van der Waals surface area contributed by atoms with Crippen molar-refractivity contribution < 1.29 is 13.2 Å². The van der Waals surface area contributed by atoms with Crippen LogP contribution >= 0.6 is 0 Å². The zero-order valence-electron chi connectivity index (χ0n) is 12.1. The molecule has 1 atom stereocenters. The molecule has 4 N–H and O–H groups in total. The largest absolute Gasteiger partial charge is 0.356 e. The molecule has 0 heterocycles. The Hall–Kier alpha value is -0.660. The van der Waals surface area contributed by atoms with Crippen LogP contribution in [0.1, 0.15) is 33.1 Å². The molecule has 0 saturated carbocycles. The SMILES string of the molecule is CC(C)C[C@H](CN)CC(=O)NCCCNS(C)(=O)=O. The van der Waals surface area contributed by atoms with Crippen molar-refractivity contribution in [2.24, 2.45) is 17.6 Å². The third-order valence-electron chi connectivity index (χ3n) is 2.65. The summed E-state index contributed by atoms with van der Waals surface area (Å²) in [5, 5.41) is 2.78. The van der Waals surface area contributed by atoms with Crippen LogP contribution in [0, 0.1) is 11.8 Å². The van der Waals surface area contributed by atoms with Gasteiger partial charge in [-0.25, -0.2) is 13.1 Å². The fourth-order valence-corrected chi connectivity index (χ4v) is 2.35. The van der Waals surface area contributed by atoms with Gasteiger partial charge in [-0.15, -0.1) is 0 Å². The van der Waals surface area contributed by atoms with Crippen LogP contribution in [0.5, 0.6) is 0 Å². The summed E-state index contributed by atoms with van der Waals surface area (Å²) in [6, 6.07) is 0. The second-order valence-corrected chi connectivity index (χ2v) is 7.14. The van der Waals surface area contributed by atoms with E-state index in [1.165, 1.54) is 0 Å². The van der Waals surface area contributed by atoms with E-state index < -0.39 is 10.0 Å². The van der Waals surface area contributed by atoms with Gasteiger partial charge in [0, 0.05) is 19.5 Å². The highest BCUT2D eigenvalue weighted by atomic mass is 32.2. The molecule has 0 saturated heterocycles. The summed E-state index contributed by atoms with van der Waals surface area (Å²) in [7, 11) is -3.14. The molecule has 19 heavy (non-hydrogen) atoms. The minimum Gasteiger partial charge on any atom is -0.356 e. The van der Waals surface area contributed by atoms with Crippen molar-refractivity contribution >= 4 is 15.9 Å². The van der Waals surface area contributed by atoms with Gasteiger partial charge in [-0.1, -0.05) is 13.8 Å². The van der Waals surface area contributed by atoms with Crippen molar-refractivity contribution in [3.05, 3.63) is 0 Å². The molecule has 0 aliphatic rings. The highest BCUT2D eigenvalue weighted by molar-refractivity contribution is 7.88. The summed E-state index contributed by atoms with van der Waals surface area (Å²) in [5.41, 5.74) is 5.64. The number of carbonyl (C=O) groups excluding carboxylic acids is 1. The van der Waals surface area contributed by atoms with Crippen molar-refractivity contribution in [1.82, 2.24) is 10.0 Å². The van der Waals surface area contributed by atoms with Gasteiger partial charge in [-0.2, -0.15) is 0 Å². The van der Waals surface area contributed by atoms with Crippen molar-refractivity contribution in [1.29, 1.82) is 0 Å². The van der Waals surface area contributed by atoms with Crippen LogP contribution in [-0.4, -0.2) is 40.2 Å². The van der Waals surface area contributed by atoms with Crippen LogP contribution in [-0.2, 0) is 14.8 Å².